The van der Waals surface area contributed by atoms with E-state index < -0.39 is 6.10 Å². The highest BCUT2D eigenvalue weighted by Crippen LogP contribution is 2.25. The average molecular weight is 295 g/mol. The van der Waals surface area contributed by atoms with Crippen molar-refractivity contribution in [3.05, 3.63) is 23.7 Å². The quantitative estimate of drug-likeness (QED) is 0.811. The van der Waals surface area contributed by atoms with Crippen LogP contribution in [0.25, 0.3) is 0 Å². The SMILES string of the molecule is Cc1ccc(C(C)NCC(O)COC2CCC(C)CC2)o1. The Balaban J connectivity index is 1.62. The molecule has 0 saturated heterocycles. The molecule has 0 aromatic carbocycles. The molecule has 1 heterocycles. The zero-order valence-corrected chi connectivity index (χ0v) is 13.5. The summed E-state index contributed by atoms with van der Waals surface area (Å²) in [4.78, 5) is 0. The normalized spacial score (nSPS) is 25.7. The van der Waals surface area contributed by atoms with Gasteiger partial charge in [-0.25, -0.2) is 0 Å². The molecule has 1 fully saturated rings. The number of furan rings is 1. The van der Waals surface area contributed by atoms with E-state index in [1.807, 2.05) is 26.0 Å². The lowest BCUT2D eigenvalue weighted by Gasteiger charge is -2.27. The maximum Gasteiger partial charge on any atom is 0.120 e. The topological polar surface area (TPSA) is 54.6 Å². The van der Waals surface area contributed by atoms with Crippen LogP contribution in [0.15, 0.2) is 16.5 Å². The maximum atomic E-state index is 10.0. The highest BCUT2D eigenvalue weighted by molar-refractivity contribution is 5.08. The molecule has 4 nitrogen and oxygen atoms in total. The van der Waals surface area contributed by atoms with Crippen molar-refractivity contribution in [2.45, 2.75) is 64.7 Å². The van der Waals surface area contributed by atoms with Crippen LogP contribution in [0.4, 0.5) is 0 Å². The van der Waals surface area contributed by atoms with Gasteiger partial charge in [0.1, 0.15) is 11.5 Å². The molecule has 0 bridgehead atoms. The Kier molecular flexibility index (Phi) is 6.27. The van der Waals surface area contributed by atoms with Gasteiger partial charge in [0.25, 0.3) is 0 Å². The second kappa shape index (κ2) is 7.97. The summed E-state index contributed by atoms with van der Waals surface area (Å²) in [5.41, 5.74) is 0. The monoisotopic (exact) mass is 295 g/mol. The van der Waals surface area contributed by atoms with Gasteiger partial charge in [-0.05, 0) is 57.6 Å². The van der Waals surface area contributed by atoms with Gasteiger partial charge >= 0.3 is 0 Å². The van der Waals surface area contributed by atoms with Gasteiger partial charge < -0.3 is 19.6 Å². The van der Waals surface area contributed by atoms with Gasteiger partial charge in [-0.15, -0.1) is 0 Å². The van der Waals surface area contributed by atoms with E-state index in [4.69, 9.17) is 9.15 Å². The molecule has 21 heavy (non-hydrogen) atoms. The Hall–Kier alpha value is -0.840. The fourth-order valence-corrected chi connectivity index (χ4v) is 2.80. The number of ether oxygens (including phenoxy) is 1. The molecule has 0 amide bonds. The summed E-state index contributed by atoms with van der Waals surface area (Å²) in [5, 5.41) is 13.3. The fourth-order valence-electron chi connectivity index (χ4n) is 2.80. The molecule has 2 unspecified atom stereocenters. The number of nitrogens with one attached hydrogen (secondary N) is 1. The van der Waals surface area contributed by atoms with Gasteiger partial charge in [-0.2, -0.15) is 0 Å². The third-order valence-electron chi connectivity index (χ3n) is 4.33. The molecule has 0 radical (unpaired) electrons. The van der Waals surface area contributed by atoms with Crippen LogP contribution in [0.1, 0.15) is 57.1 Å². The molecule has 1 aliphatic rings. The number of hydrogen-bond donors (Lipinski definition) is 2. The molecule has 1 aromatic heterocycles. The molecule has 0 aliphatic heterocycles. The van der Waals surface area contributed by atoms with Gasteiger partial charge in [-0.1, -0.05) is 6.92 Å². The predicted octanol–water partition coefficient (Wildman–Crippen LogP) is 3.19. The van der Waals surface area contributed by atoms with Crippen LogP contribution >= 0.6 is 0 Å². The molecular weight excluding hydrogens is 266 g/mol. The minimum atomic E-state index is -0.470. The van der Waals surface area contributed by atoms with E-state index in [9.17, 15) is 5.11 Å². The highest BCUT2D eigenvalue weighted by atomic mass is 16.5. The van der Waals surface area contributed by atoms with E-state index in [0.29, 0.717) is 19.3 Å². The number of hydrogen-bond acceptors (Lipinski definition) is 4. The van der Waals surface area contributed by atoms with Crippen molar-refractivity contribution in [1.29, 1.82) is 0 Å². The minimum Gasteiger partial charge on any atom is -0.465 e. The van der Waals surface area contributed by atoms with E-state index in [2.05, 4.69) is 12.2 Å². The molecule has 2 atom stereocenters. The Bertz CT molecular complexity index is 410. The first-order valence-electron chi connectivity index (χ1n) is 8.14. The summed E-state index contributed by atoms with van der Waals surface area (Å²) in [6.45, 7) is 7.20. The first kappa shape index (κ1) is 16.5. The summed E-state index contributed by atoms with van der Waals surface area (Å²) in [6.07, 6.45) is 4.61. The largest absolute Gasteiger partial charge is 0.465 e. The smallest absolute Gasteiger partial charge is 0.120 e. The third-order valence-corrected chi connectivity index (χ3v) is 4.33. The van der Waals surface area contributed by atoms with Crippen LogP contribution in [0.2, 0.25) is 0 Å². The molecule has 4 heteroatoms. The van der Waals surface area contributed by atoms with Crippen LogP contribution in [0.3, 0.4) is 0 Å². The Labute approximate surface area is 127 Å². The Morgan fingerprint density at radius 2 is 2.05 bits per heavy atom. The molecular formula is C17H29NO3. The zero-order valence-electron chi connectivity index (χ0n) is 13.5. The van der Waals surface area contributed by atoms with E-state index in [1.165, 1.54) is 12.8 Å². The average Bonchev–Trinajstić information content (AvgIpc) is 2.91. The standard InChI is InChI=1S/C17H29NO3/c1-12-4-7-16(8-5-12)20-11-15(19)10-18-14(3)17-9-6-13(2)21-17/h6,9,12,14-16,18-19H,4-5,7-8,10-11H2,1-3H3. The second-order valence-corrected chi connectivity index (χ2v) is 6.45. The van der Waals surface area contributed by atoms with Crippen LogP contribution in [-0.4, -0.2) is 30.5 Å². The molecule has 2 rings (SSSR count). The van der Waals surface area contributed by atoms with E-state index in [1.54, 1.807) is 0 Å². The van der Waals surface area contributed by atoms with Crippen LogP contribution in [-0.2, 0) is 4.74 Å². The molecule has 1 aliphatic carbocycles. The predicted molar refractivity (Wildman–Crippen MR) is 83.2 cm³/mol. The van der Waals surface area contributed by atoms with Gasteiger partial charge in [0.2, 0.25) is 0 Å². The summed E-state index contributed by atoms with van der Waals surface area (Å²) in [5.74, 6) is 2.64. The van der Waals surface area contributed by atoms with E-state index in [0.717, 1.165) is 30.3 Å². The number of aryl methyl sites for hydroxylation is 1. The summed E-state index contributed by atoms with van der Waals surface area (Å²) >= 11 is 0. The van der Waals surface area contributed by atoms with Crippen molar-refractivity contribution in [2.75, 3.05) is 13.2 Å². The van der Waals surface area contributed by atoms with Crippen LogP contribution < -0.4 is 5.32 Å². The zero-order chi connectivity index (χ0) is 15.2. The van der Waals surface area contributed by atoms with Gasteiger partial charge in [0.05, 0.1) is 24.9 Å². The van der Waals surface area contributed by atoms with Crippen molar-refractivity contribution >= 4 is 0 Å². The lowest BCUT2D eigenvalue weighted by Crippen LogP contribution is -2.34. The maximum absolute atomic E-state index is 10.0. The molecule has 1 saturated carbocycles. The minimum absolute atomic E-state index is 0.101. The number of rotatable bonds is 7. The van der Waals surface area contributed by atoms with Crippen molar-refractivity contribution in [2.24, 2.45) is 5.92 Å². The number of aliphatic hydroxyl groups excluding tert-OH is 1. The lowest BCUT2D eigenvalue weighted by atomic mass is 9.89. The van der Waals surface area contributed by atoms with Crippen molar-refractivity contribution < 1.29 is 14.3 Å². The Morgan fingerprint density at radius 3 is 2.67 bits per heavy atom. The van der Waals surface area contributed by atoms with Gasteiger partial charge in [-0.3, -0.25) is 0 Å². The third kappa shape index (κ3) is 5.46. The molecule has 0 spiro atoms. The number of aliphatic hydroxyl groups is 1. The van der Waals surface area contributed by atoms with Crippen molar-refractivity contribution in [1.82, 2.24) is 5.32 Å². The van der Waals surface area contributed by atoms with E-state index in [-0.39, 0.29) is 6.04 Å². The van der Waals surface area contributed by atoms with Crippen molar-refractivity contribution in [3.8, 4) is 0 Å². The molecule has 2 N–H and O–H groups in total. The van der Waals surface area contributed by atoms with Gasteiger partial charge in [0.15, 0.2) is 0 Å². The first-order chi connectivity index (χ1) is 10.0. The van der Waals surface area contributed by atoms with Crippen LogP contribution in [0, 0.1) is 12.8 Å². The second-order valence-electron chi connectivity index (χ2n) is 6.45. The summed E-state index contributed by atoms with van der Waals surface area (Å²) < 4.78 is 11.4. The summed E-state index contributed by atoms with van der Waals surface area (Å²) in [6, 6.07) is 4.03. The van der Waals surface area contributed by atoms with Gasteiger partial charge in [0, 0.05) is 6.54 Å². The highest BCUT2D eigenvalue weighted by Gasteiger charge is 2.20. The fraction of sp³-hybridized carbons (Fsp3) is 0.765. The molecule has 120 valence electrons. The lowest BCUT2D eigenvalue weighted by molar-refractivity contribution is -0.0284. The molecule has 1 aromatic rings. The van der Waals surface area contributed by atoms with E-state index >= 15 is 0 Å². The Morgan fingerprint density at radius 1 is 1.33 bits per heavy atom. The van der Waals surface area contributed by atoms with Crippen LogP contribution in [0.5, 0.6) is 0 Å². The van der Waals surface area contributed by atoms with Crippen molar-refractivity contribution in [3.63, 3.8) is 0 Å². The first-order valence-corrected chi connectivity index (χ1v) is 8.14. The summed E-state index contributed by atoms with van der Waals surface area (Å²) in [7, 11) is 0.